The van der Waals surface area contributed by atoms with Crippen molar-refractivity contribution in [1.29, 1.82) is 0 Å². The Labute approximate surface area is 399 Å². The van der Waals surface area contributed by atoms with E-state index in [9.17, 15) is 10.2 Å². The Bertz CT molecular complexity index is 2290. The predicted octanol–water partition coefficient (Wildman–Crippen LogP) is 15.9. The van der Waals surface area contributed by atoms with Crippen molar-refractivity contribution in [3.63, 3.8) is 0 Å². The minimum absolute atomic E-state index is 0. The molecule has 1 aromatic heterocycles. The minimum atomic E-state index is 0. The second-order valence-corrected chi connectivity index (χ2v) is 22.1. The molecule has 8 aliphatic carbocycles. The monoisotopic (exact) mass is 915 g/mol. The van der Waals surface area contributed by atoms with Gasteiger partial charge in [0.1, 0.15) is 11.5 Å². The van der Waals surface area contributed by atoms with Crippen LogP contribution < -0.4 is 0 Å². The van der Waals surface area contributed by atoms with E-state index in [-0.39, 0.29) is 51.9 Å². The molecule has 2 N–H and O–H groups in total. The van der Waals surface area contributed by atoms with Gasteiger partial charge in [0.25, 0.3) is 0 Å². The van der Waals surface area contributed by atoms with E-state index in [1.807, 2.05) is 0 Å². The van der Waals surface area contributed by atoms with Crippen LogP contribution in [-0.4, -0.2) is 15.2 Å². The molecule has 0 spiro atoms. The zero-order chi connectivity index (χ0) is 41.2. The summed E-state index contributed by atoms with van der Waals surface area (Å²) < 4.78 is 0. The summed E-state index contributed by atoms with van der Waals surface area (Å²) in [6, 6.07) is 29.2. The van der Waals surface area contributed by atoms with Crippen LogP contribution in [-0.2, 0) is 37.0 Å². The first-order valence-corrected chi connectivity index (χ1v) is 23.8. The van der Waals surface area contributed by atoms with Crippen molar-refractivity contribution in [2.45, 2.75) is 141 Å². The van der Waals surface area contributed by atoms with Gasteiger partial charge in [0.05, 0.1) is 11.4 Å². The topological polar surface area (TPSA) is 53.4 Å². The summed E-state index contributed by atoms with van der Waals surface area (Å²) in [6.45, 7) is 13.5. The molecule has 8 aliphatic rings. The van der Waals surface area contributed by atoms with Crippen LogP contribution in [0.3, 0.4) is 0 Å². The standard InChI is InChI=1S/C57H65NO2.2CH3.Zr/c1-32(2)42-10-12-44(48-14-34(5)16-50(54(48)59)56-26-36-18-37(27-56)20-38(19-36)28-56)46(24-42)52-8-7-9-53(58-52)47-25-43(33(3)4)11-13-45(47)49-15-35(6)17-51(55(49)60)57-29-39-21-40(30-57)23-41(22-39)31-57;;;/h7-17,24-25,32-33,36-41,59-60H,18-23,26-31H2,1-6H3;2*1H3;/q;2*-1;. The molecule has 0 saturated heterocycles. The van der Waals surface area contributed by atoms with Crippen molar-refractivity contribution in [3.05, 3.63) is 127 Å². The number of aryl methyl sites for hydroxylation is 2. The maximum absolute atomic E-state index is 12.5. The van der Waals surface area contributed by atoms with Gasteiger partial charge < -0.3 is 25.1 Å². The minimum Gasteiger partial charge on any atom is -0.507 e. The van der Waals surface area contributed by atoms with Crippen LogP contribution in [0.4, 0.5) is 0 Å². The molecule has 8 fully saturated rings. The third-order valence-corrected chi connectivity index (χ3v) is 17.0. The number of benzene rings is 4. The third-order valence-electron chi connectivity index (χ3n) is 17.0. The molecule has 5 aromatic rings. The zero-order valence-corrected chi connectivity index (χ0v) is 41.9. The number of phenols is 2. The van der Waals surface area contributed by atoms with Crippen molar-refractivity contribution in [1.82, 2.24) is 4.98 Å². The summed E-state index contributed by atoms with van der Waals surface area (Å²) in [7, 11) is 0. The summed E-state index contributed by atoms with van der Waals surface area (Å²) in [4.78, 5) is 5.58. The van der Waals surface area contributed by atoms with Gasteiger partial charge in [-0.3, -0.25) is 0 Å². The first-order chi connectivity index (χ1) is 28.8. The maximum Gasteiger partial charge on any atom is 0.127 e. The Hall–Kier alpha value is -3.49. The van der Waals surface area contributed by atoms with Crippen molar-refractivity contribution in [3.8, 4) is 56.3 Å². The average molecular weight is 917 g/mol. The number of pyridine rings is 1. The van der Waals surface area contributed by atoms with Crippen LogP contribution in [0.15, 0.2) is 78.9 Å². The van der Waals surface area contributed by atoms with Crippen LogP contribution in [0.5, 0.6) is 11.5 Å². The number of hydrogen-bond donors (Lipinski definition) is 2. The zero-order valence-electron chi connectivity index (χ0n) is 39.5. The van der Waals surface area contributed by atoms with E-state index in [1.54, 1.807) is 0 Å². The van der Waals surface area contributed by atoms with Crippen molar-refractivity contribution < 1.29 is 36.4 Å². The summed E-state index contributed by atoms with van der Waals surface area (Å²) in [5, 5.41) is 25.1. The number of hydrogen-bond acceptors (Lipinski definition) is 3. The molecule has 8 saturated carbocycles. The van der Waals surface area contributed by atoms with E-state index in [1.165, 1.54) is 110 Å². The second-order valence-electron chi connectivity index (χ2n) is 22.1. The Kier molecular flexibility index (Phi) is 12.5. The number of nitrogens with zero attached hydrogens (tertiary/aromatic N) is 1. The molecule has 3 nitrogen and oxygen atoms in total. The van der Waals surface area contributed by atoms with E-state index in [0.717, 1.165) is 80.3 Å². The molecule has 0 unspecified atom stereocenters. The van der Waals surface area contributed by atoms with Gasteiger partial charge >= 0.3 is 0 Å². The molecular formula is C59H71NO2Zr-2. The average Bonchev–Trinajstić information content (AvgIpc) is 3.21. The van der Waals surface area contributed by atoms with Gasteiger partial charge in [-0.25, -0.2) is 4.98 Å². The van der Waals surface area contributed by atoms with Gasteiger partial charge in [0.15, 0.2) is 0 Å². The van der Waals surface area contributed by atoms with Gasteiger partial charge in [0, 0.05) is 59.6 Å². The van der Waals surface area contributed by atoms with Crippen molar-refractivity contribution in [2.24, 2.45) is 35.5 Å². The van der Waals surface area contributed by atoms with Gasteiger partial charge in [-0.2, -0.15) is 0 Å². The van der Waals surface area contributed by atoms with E-state index in [0.29, 0.717) is 23.3 Å². The van der Waals surface area contributed by atoms with Gasteiger partial charge in [-0.15, -0.1) is 0 Å². The molecule has 4 heteroatoms. The normalized spacial score (nSPS) is 28.5. The van der Waals surface area contributed by atoms with Gasteiger partial charge in [0.2, 0.25) is 0 Å². The molecule has 13 rings (SSSR count). The first-order valence-electron chi connectivity index (χ1n) is 23.8. The fourth-order valence-electron chi connectivity index (χ4n) is 15.1. The number of phenolic OH excluding ortho intramolecular Hbond substituents is 2. The molecular weight excluding hydrogens is 846 g/mol. The Morgan fingerprint density at radius 2 is 0.794 bits per heavy atom. The van der Waals surface area contributed by atoms with Crippen molar-refractivity contribution in [2.75, 3.05) is 0 Å². The molecule has 330 valence electrons. The Balaban J connectivity index is 0.00000181. The van der Waals surface area contributed by atoms with Crippen LogP contribution in [0.25, 0.3) is 44.8 Å². The smallest absolute Gasteiger partial charge is 0.127 e. The summed E-state index contributed by atoms with van der Waals surface area (Å²) in [5.74, 6) is 6.47. The molecule has 0 amide bonds. The van der Waals surface area contributed by atoms with E-state index >= 15 is 0 Å². The van der Waals surface area contributed by atoms with Gasteiger partial charge in [-0.05, 0) is 219 Å². The van der Waals surface area contributed by atoms with E-state index in [4.69, 9.17) is 4.98 Å². The van der Waals surface area contributed by atoms with Crippen LogP contribution in [0, 0.1) is 64.2 Å². The summed E-state index contributed by atoms with van der Waals surface area (Å²) >= 11 is 0. The fourth-order valence-corrected chi connectivity index (χ4v) is 15.1. The second kappa shape index (κ2) is 17.1. The number of aromatic hydroxyl groups is 2. The molecule has 0 atom stereocenters. The third kappa shape index (κ3) is 7.83. The first kappa shape index (κ1) is 46.1. The molecule has 63 heavy (non-hydrogen) atoms. The quantitative estimate of drug-likeness (QED) is 0.153. The summed E-state index contributed by atoms with van der Waals surface area (Å²) in [6.07, 6.45) is 15.6. The molecule has 4 aromatic carbocycles. The van der Waals surface area contributed by atoms with Gasteiger partial charge in [-0.1, -0.05) is 70.2 Å². The van der Waals surface area contributed by atoms with E-state index < -0.39 is 0 Å². The molecule has 0 radical (unpaired) electrons. The SMILES string of the molecule is Cc1cc(-c2ccc(C(C)C)cc2-c2cccc(-c3cc(C(C)C)ccc3-c3cc(C)cc(C45CC6CC(CC(C6)C4)C5)c3O)n2)c(O)c(C23CC4CC(CC(C4)C2)C3)c1.[CH3-].[CH3-].[Zr]. The Morgan fingerprint density at radius 1 is 0.460 bits per heavy atom. The fraction of sp³-hybridized carbons (Fsp3) is 0.475. The van der Waals surface area contributed by atoms with Crippen LogP contribution in [0.1, 0.15) is 150 Å². The largest absolute Gasteiger partial charge is 0.507 e. The maximum atomic E-state index is 12.5. The number of aromatic nitrogens is 1. The molecule has 0 aliphatic heterocycles. The number of rotatable bonds is 8. The van der Waals surface area contributed by atoms with Crippen LogP contribution in [0.2, 0.25) is 0 Å². The predicted molar refractivity (Wildman–Crippen MR) is 259 cm³/mol. The Morgan fingerprint density at radius 3 is 1.11 bits per heavy atom. The van der Waals surface area contributed by atoms with Crippen molar-refractivity contribution >= 4 is 0 Å². The summed E-state index contributed by atoms with van der Waals surface area (Å²) in [5.41, 5.74) is 15.4. The van der Waals surface area contributed by atoms with Crippen LogP contribution >= 0.6 is 0 Å². The van der Waals surface area contributed by atoms with E-state index in [2.05, 4.69) is 120 Å². The molecule has 8 bridgehead atoms. The molecule has 1 heterocycles.